The molecule has 9 nitrogen and oxygen atoms in total. The van der Waals surface area contributed by atoms with Gasteiger partial charge in [0, 0.05) is 26.8 Å². The molecule has 1 amide bonds. The number of aromatic amines is 1. The van der Waals surface area contributed by atoms with Crippen LogP contribution in [-0.4, -0.2) is 53.2 Å². The number of H-pyrrole nitrogens is 1. The molecule has 2 rings (SSSR count). The maximum Gasteiger partial charge on any atom is 0.409 e. The Labute approximate surface area is 140 Å². The van der Waals surface area contributed by atoms with E-state index in [-0.39, 0.29) is 23.6 Å². The molecule has 0 aromatic carbocycles. The van der Waals surface area contributed by atoms with Gasteiger partial charge in [-0.1, -0.05) is 0 Å². The van der Waals surface area contributed by atoms with E-state index in [1.165, 1.54) is 11.2 Å². The molecular weight excluding hydrogens is 312 g/mol. The van der Waals surface area contributed by atoms with Crippen LogP contribution in [0.4, 0.5) is 4.79 Å². The van der Waals surface area contributed by atoms with E-state index in [2.05, 4.69) is 9.97 Å². The van der Waals surface area contributed by atoms with Crippen molar-refractivity contribution < 1.29 is 9.53 Å². The Bertz CT molecular complexity index is 693. The van der Waals surface area contributed by atoms with E-state index in [0.29, 0.717) is 23.9 Å². The number of rotatable bonds is 6. The second-order valence-corrected chi connectivity index (χ2v) is 6.05. The number of aryl methyl sites for hydroxylation is 1. The van der Waals surface area contributed by atoms with Crippen LogP contribution in [-0.2, 0) is 4.74 Å². The van der Waals surface area contributed by atoms with Gasteiger partial charge >= 0.3 is 6.09 Å². The molecule has 1 saturated carbocycles. The van der Waals surface area contributed by atoms with E-state index in [1.807, 2.05) is 0 Å². The van der Waals surface area contributed by atoms with E-state index in [0.717, 1.165) is 12.8 Å². The number of carbonyl (C=O) groups excluding carboxylic acids is 1. The number of hydrogen-bond donors (Lipinski definition) is 3. The van der Waals surface area contributed by atoms with Gasteiger partial charge < -0.3 is 25.4 Å². The third-order valence-electron chi connectivity index (χ3n) is 3.84. The summed E-state index contributed by atoms with van der Waals surface area (Å²) in [5, 5.41) is 1.27. The number of carbonyl (C=O) groups is 1. The normalized spacial score (nSPS) is 14.8. The summed E-state index contributed by atoms with van der Waals surface area (Å²) in [6.07, 6.45) is 3.27. The van der Waals surface area contributed by atoms with Gasteiger partial charge in [-0.15, -0.1) is 0 Å². The van der Waals surface area contributed by atoms with Crippen LogP contribution in [0.25, 0.3) is 5.70 Å². The molecule has 1 aliphatic rings. The highest BCUT2D eigenvalue weighted by molar-refractivity contribution is 5.68. The van der Waals surface area contributed by atoms with Crippen molar-refractivity contribution >= 4 is 11.8 Å². The zero-order chi connectivity index (χ0) is 17.9. The van der Waals surface area contributed by atoms with Crippen molar-refractivity contribution in [1.82, 2.24) is 19.9 Å². The van der Waals surface area contributed by atoms with Crippen LogP contribution in [0.3, 0.4) is 0 Å². The number of nitrogens with zero attached hydrogens (tertiary/aromatic N) is 3. The molecule has 0 radical (unpaired) electrons. The maximum absolute atomic E-state index is 12.0. The summed E-state index contributed by atoms with van der Waals surface area (Å²) in [4.78, 5) is 31.6. The number of hydrazine groups is 1. The predicted octanol–water partition coefficient (Wildman–Crippen LogP) is -0.0105. The standard InChI is InChI=1S/C15H24N6O3/c1-9-14(22)18-6-11(19-9)13(16)12(21(3)17)8-24-15(23)20(2)7-10-4-5-10/h6,10H,4-5,7-8,16-17H2,1-3H3,(H,18,22)/b13-12-. The van der Waals surface area contributed by atoms with Gasteiger partial charge in [0.05, 0.1) is 11.4 Å². The zero-order valence-corrected chi connectivity index (χ0v) is 14.2. The molecule has 0 unspecified atom stereocenters. The molecule has 1 aromatic heterocycles. The molecule has 1 fully saturated rings. The second-order valence-electron chi connectivity index (χ2n) is 6.05. The van der Waals surface area contributed by atoms with Crippen LogP contribution in [0.5, 0.6) is 0 Å². The van der Waals surface area contributed by atoms with Crippen molar-refractivity contribution in [3.8, 4) is 0 Å². The second kappa shape index (κ2) is 7.35. The van der Waals surface area contributed by atoms with Gasteiger partial charge in [0.25, 0.3) is 5.56 Å². The van der Waals surface area contributed by atoms with E-state index in [4.69, 9.17) is 16.3 Å². The summed E-state index contributed by atoms with van der Waals surface area (Å²) in [6.45, 7) is 2.17. The van der Waals surface area contributed by atoms with Crippen molar-refractivity contribution in [2.75, 3.05) is 27.2 Å². The Kier molecular flexibility index (Phi) is 5.45. The van der Waals surface area contributed by atoms with E-state index < -0.39 is 6.09 Å². The molecule has 1 aromatic rings. The molecule has 9 heteroatoms. The van der Waals surface area contributed by atoms with Crippen LogP contribution >= 0.6 is 0 Å². The fraction of sp³-hybridized carbons (Fsp3) is 0.533. The summed E-state index contributed by atoms with van der Waals surface area (Å²) in [5.74, 6) is 6.36. The number of hydrogen-bond acceptors (Lipinski definition) is 7. The molecular formula is C15H24N6O3. The molecule has 132 valence electrons. The van der Waals surface area contributed by atoms with Crippen LogP contribution in [0, 0.1) is 12.8 Å². The first-order valence-electron chi connectivity index (χ1n) is 7.71. The third kappa shape index (κ3) is 4.48. The monoisotopic (exact) mass is 336 g/mol. The lowest BCUT2D eigenvalue weighted by molar-refractivity contribution is 0.112. The minimum atomic E-state index is -0.431. The summed E-state index contributed by atoms with van der Waals surface area (Å²) in [5.41, 5.74) is 7.07. The third-order valence-corrected chi connectivity index (χ3v) is 3.84. The lowest BCUT2D eigenvalue weighted by atomic mass is 10.2. The largest absolute Gasteiger partial charge is 0.443 e. The van der Waals surface area contributed by atoms with E-state index >= 15 is 0 Å². The predicted molar refractivity (Wildman–Crippen MR) is 89.4 cm³/mol. The van der Waals surface area contributed by atoms with Gasteiger partial charge in [0.15, 0.2) is 0 Å². The van der Waals surface area contributed by atoms with Crippen molar-refractivity contribution in [2.24, 2.45) is 17.5 Å². The molecule has 0 bridgehead atoms. The van der Waals surface area contributed by atoms with Gasteiger partial charge in [0.1, 0.15) is 18.0 Å². The lowest BCUT2D eigenvalue weighted by Crippen LogP contribution is -2.34. The number of ether oxygens (including phenoxy) is 1. The minimum Gasteiger partial charge on any atom is -0.443 e. The molecule has 5 N–H and O–H groups in total. The quantitative estimate of drug-likeness (QED) is 0.492. The molecule has 24 heavy (non-hydrogen) atoms. The highest BCUT2D eigenvalue weighted by Gasteiger charge is 2.25. The van der Waals surface area contributed by atoms with Crippen LogP contribution in [0.15, 0.2) is 16.7 Å². The summed E-state index contributed by atoms with van der Waals surface area (Å²) < 4.78 is 5.28. The SMILES string of the molecule is Cc1nc(/C(N)=C(\COC(=O)N(C)CC2CC2)N(C)N)c[nH]c1=O. The number of amides is 1. The van der Waals surface area contributed by atoms with Gasteiger partial charge in [0.2, 0.25) is 0 Å². The lowest BCUT2D eigenvalue weighted by Gasteiger charge is -2.22. The maximum atomic E-state index is 12.0. The van der Waals surface area contributed by atoms with Crippen LogP contribution < -0.4 is 17.1 Å². The fourth-order valence-electron chi connectivity index (χ4n) is 2.16. The van der Waals surface area contributed by atoms with E-state index in [1.54, 1.807) is 25.9 Å². The fourth-order valence-corrected chi connectivity index (χ4v) is 2.16. The molecule has 0 saturated heterocycles. The first-order valence-corrected chi connectivity index (χ1v) is 7.71. The molecule has 1 aliphatic carbocycles. The number of nitrogens with two attached hydrogens (primary N) is 2. The van der Waals surface area contributed by atoms with Crippen molar-refractivity contribution in [3.05, 3.63) is 33.6 Å². The Morgan fingerprint density at radius 1 is 1.46 bits per heavy atom. The van der Waals surface area contributed by atoms with E-state index in [9.17, 15) is 9.59 Å². The average molecular weight is 336 g/mol. The van der Waals surface area contributed by atoms with Crippen molar-refractivity contribution in [1.29, 1.82) is 0 Å². The Balaban J connectivity index is 2.10. The topological polar surface area (TPSA) is 131 Å². The first kappa shape index (κ1) is 17.8. The summed E-state index contributed by atoms with van der Waals surface area (Å²) in [7, 11) is 3.29. The highest BCUT2D eigenvalue weighted by Crippen LogP contribution is 2.29. The van der Waals surface area contributed by atoms with Gasteiger partial charge in [-0.3, -0.25) is 4.79 Å². The highest BCUT2D eigenvalue weighted by atomic mass is 16.6. The van der Waals surface area contributed by atoms with Crippen LogP contribution in [0.1, 0.15) is 24.2 Å². The Morgan fingerprint density at radius 3 is 2.67 bits per heavy atom. The zero-order valence-electron chi connectivity index (χ0n) is 14.2. The number of nitrogens with one attached hydrogen (secondary N) is 1. The number of aromatic nitrogens is 2. The minimum absolute atomic E-state index is 0.0907. The van der Waals surface area contributed by atoms with Gasteiger partial charge in [-0.05, 0) is 25.7 Å². The summed E-state index contributed by atoms with van der Waals surface area (Å²) >= 11 is 0. The molecule has 0 aliphatic heterocycles. The number of likely N-dealkylation sites (N-methyl/N-ethyl adjacent to an activating group) is 1. The van der Waals surface area contributed by atoms with Crippen molar-refractivity contribution in [3.63, 3.8) is 0 Å². The summed E-state index contributed by atoms with van der Waals surface area (Å²) in [6, 6.07) is 0. The van der Waals surface area contributed by atoms with Gasteiger partial charge in [-0.25, -0.2) is 15.6 Å². The average Bonchev–Trinajstić information content (AvgIpc) is 3.33. The van der Waals surface area contributed by atoms with Crippen LogP contribution in [0.2, 0.25) is 0 Å². The first-order chi connectivity index (χ1) is 11.3. The Hall–Kier alpha value is -2.55. The van der Waals surface area contributed by atoms with Crippen molar-refractivity contribution in [2.45, 2.75) is 19.8 Å². The Morgan fingerprint density at radius 2 is 2.12 bits per heavy atom. The smallest absolute Gasteiger partial charge is 0.409 e. The molecule has 0 atom stereocenters. The molecule has 0 spiro atoms. The molecule has 1 heterocycles. The van der Waals surface area contributed by atoms with Gasteiger partial charge in [-0.2, -0.15) is 0 Å².